The SMILES string of the molecule is C=CCCC(CNCc1ccc(-c2cccc(-c3cccc(-c4ccc5c(n4)N(C)CCC5C)c3C=C)c2Cl)nc1CC)NC. The van der Waals surface area contributed by atoms with Gasteiger partial charge in [0.2, 0.25) is 0 Å². The van der Waals surface area contributed by atoms with Gasteiger partial charge in [-0.15, -0.1) is 6.58 Å². The third-order valence-electron chi connectivity index (χ3n) is 9.08. The van der Waals surface area contributed by atoms with Crippen LogP contribution >= 0.6 is 11.6 Å². The maximum Gasteiger partial charge on any atom is 0.132 e. The molecule has 2 unspecified atom stereocenters. The first-order valence-corrected chi connectivity index (χ1v) is 16.5. The molecule has 6 heteroatoms. The molecule has 0 saturated carbocycles. The van der Waals surface area contributed by atoms with Gasteiger partial charge in [-0.1, -0.05) is 92.7 Å². The summed E-state index contributed by atoms with van der Waals surface area (Å²) in [5, 5.41) is 7.69. The smallest absolute Gasteiger partial charge is 0.132 e. The third kappa shape index (κ3) is 7.06. The molecule has 2 N–H and O–H groups in total. The van der Waals surface area contributed by atoms with Gasteiger partial charge in [0, 0.05) is 55.1 Å². The predicted molar refractivity (Wildman–Crippen MR) is 193 cm³/mol. The Kier molecular flexibility index (Phi) is 10.9. The van der Waals surface area contributed by atoms with Gasteiger partial charge in [-0.25, -0.2) is 4.98 Å². The molecular weight excluding hydrogens is 574 g/mol. The van der Waals surface area contributed by atoms with E-state index in [1.807, 2.05) is 19.2 Å². The summed E-state index contributed by atoms with van der Waals surface area (Å²) in [6.07, 6.45) is 7.96. The molecule has 2 atom stereocenters. The van der Waals surface area contributed by atoms with E-state index in [4.69, 9.17) is 21.6 Å². The number of nitrogens with one attached hydrogen (secondary N) is 2. The average molecular weight is 620 g/mol. The number of aromatic nitrogens is 2. The van der Waals surface area contributed by atoms with Gasteiger partial charge in [0.1, 0.15) is 5.82 Å². The van der Waals surface area contributed by atoms with Gasteiger partial charge < -0.3 is 15.5 Å². The zero-order valence-corrected chi connectivity index (χ0v) is 27.9. The van der Waals surface area contributed by atoms with E-state index < -0.39 is 0 Å². The van der Waals surface area contributed by atoms with E-state index in [2.05, 4.69) is 110 Å². The predicted octanol–water partition coefficient (Wildman–Crippen LogP) is 8.92. The van der Waals surface area contributed by atoms with Crippen LogP contribution in [0.3, 0.4) is 0 Å². The summed E-state index contributed by atoms with van der Waals surface area (Å²) < 4.78 is 0. The molecule has 3 heterocycles. The normalized spacial score (nSPS) is 15.0. The zero-order valence-electron chi connectivity index (χ0n) is 27.2. The molecule has 1 aliphatic rings. The number of rotatable bonds is 13. The van der Waals surface area contributed by atoms with Gasteiger partial charge in [0.05, 0.1) is 16.4 Å². The van der Waals surface area contributed by atoms with Crippen LogP contribution in [0.1, 0.15) is 61.4 Å². The lowest BCUT2D eigenvalue weighted by Crippen LogP contribution is -2.36. The van der Waals surface area contributed by atoms with Crippen molar-refractivity contribution in [2.24, 2.45) is 0 Å². The number of nitrogens with zero attached hydrogens (tertiary/aromatic N) is 3. The Labute approximate surface area is 274 Å². The highest BCUT2D eigenvalue weighted by Crippen LogP contribution is 2.41. The molecule has 45 heavy (non-hydrogen) atoms. The second-order valence-electron chi connectivity index (χ2n) is 12.0. The molecule has 0 radical (unpaired) electrons. The second-order valence-corrected chi connectivity index (χ2v) is 12.4. The molecule has 5 rings (SSSR count). The Morgan fingerprint density at radius 2 is 1.69 bits per heavy atom. The quantitative estimate of drug-likeness (QED) is 0.146. The van der Waals surface area contributed by atoms with Crippen LogP contribution in [0, 0.1) is 0 Å². The lowest BCUT2D eigenvalue weighted by Gasteiger charge is -2.30. The van der Waals surface area contributed by atoms with Gasteiger partial charge in [-0.2, -0.15) is 0 Å². The summed E-state index contributed by atoms with van der Waals surface area (Å²) >= 11 is 7.22. The maximum atomic E-state index is 7.22. The van der Waals surface area contributed by atoms with E-state index in [1.165, 1.54) is 11.1 Å². The molecule has 234 valence electrons. The average Bonchev–Trinajstić information content (AvgIpc) is 3.07. The molecule has 0 bridgehead atoms. The molecule has 2 aromatic carbocycles. The van der Waals surface area contributed by atoms with Crippen molar-refractivity contribution < 1.29 is 0 Å². The Bertz CT molecular complexity index is 1660. The van der Waals surface area contributed by atoms with Gasteiger partial charge in [0.15, 0.2) is 0 Å². The van der Waals surface area contributed by atoms with Crippen molar-refractivity contribution >= 4 is 23.5 Å². The summed E-state index contributed by atoms with van der Waals surface area (Å²) in [4.78, 5) is 12.5. The van der Waals surface area contributed by atoms with Crippen LogP contribution in [0.5, 0.6) is 0 Å². The summed E-state index contributed by atoms with van der Waals surface area (Å²) in [5.41, 5.74) is 10.4. The first-order chi connectivity index (χ1) is 21.9. The van der Waals surface area contributed by atoms with Crippen molar-refractivity contribution in [3.63, 3.8) is 0 Å². The van der Waals surface area contributed by atoms with Gasteiger partial charge in [0.25, 0.3) is 0 Å². The Balaban J connectivity index is 1.45. The minimum atomic E-state index is 0.411. The number of aryl methyl sites for hydroxylation is 1. The summed E-state index contributed by atoms with van der Waals surface area (Å²) in [6, 6.07) is 21.6. The molecule has 0 aliphatic carbocycles. The Morgan fingerprint density at radius 1 is 0.978 bits per heavy atom. The number of fused-ring (bicyclic) bond motifs is 1. The molecule has 0 spiro atoms. The third-order valence-corrected chi connectivity index (χ3v) is 9.49. The maximum absolute atomic E-state index is 7.22. The standard InChI is InChI=1S/C39H46ClN5/c1-7-10-13-28(41-5)25-42-24-27-18-20-37(43-35(27)9-3)34-17-12-16-33(38(34)40)31-14-11-15-32(29(31)8-2)36-21-19-30-26(4)22-23-45(6)39(30)44-36/h7-8,11-12,14-21,26,28,41-42H,1-2,9-10,13,22-25H2,3-6H3. The first-order valence-electron chi connectivity index (χ1n) is 16.1. The summed E-state index contributed by atoms with van der Waals surface area (Å²) in [5.74, 6) is 1.58. The number of likely N-dealkylation sites (N-methyl/N-ethyl adjacent to an activating group) is 1. The van der Waals surface area contributed by atoms with Crippen LogP contribution in [0.4, 0.5) is 5.82 Å². The molecule has 4 aromatic rings. The molecule has 5 nitrogen and oxygen atoms in total. The van der Waals surface area contributed by atoms with Crippen molar-refractivity contribution in [1.82, 2.24) is 20.6 Å². The van der Waals surface area contributed by atoms with E-state index in [1.54, 1.807) is 0 Å². The van der Waals surface area contributed by atoms with Crippen molar-refractivity contribution in [1.29, 1.82) is 0 Å². The van der Waals surface area contributed by atoms with Gasteiger partial charge in [-0.3, -0.25) is 4.98 Å². The summed E-state index contributed by atoms with van der Waals surface area (Å²) in [6.45, 7) is 15.2. The van der Waals surface area contributed by atoms with E-state index >= 15 is 0 Å². The van der Waals surface area contributed by atoms with Crippen molar-refractivity contribution in [3.8, 4) is 33.6 Å². The number of pyridine rings is 2. The van der Waals surface area contributed by atoms with Crippen LogP contribution in [-0.4, -0.2) is 43.2 Å². The number of benzene rings is 2. The van der Waals surface area contributed by atoms with Crippen molar-refractivity contribution in [3.05, 3.63) is 107 Å². The molecule has 0 saturated heterocycles. The fourth-order valence-corrected chi connectivity index (χ4v) is 6.65. The van der Waals surface area contributed by atoms with Crippen LogP contribution in [0.25, 0.3) is 39.7 Å². The highest BCUT2D eigenvalue weighted by atomic mass is 35.5. The number of halogens is 1. The van der Waals surface area contributed by atoms with E-state index in [0.29, 0.717) is 17.0 Å². The molecule has 1 aliphatic heterocycles. The highest BCUT2D eigenvalue weighted by molar-refractivity contribution is 6.36. The monoisotopic (exact) mass is 619 g/mol. The molecule has 2 aromatic heterocycles. The van der Waals surface area contributed by atoms with Crippen LogP contribution in [0.15, 0.2) is 79.9 Å². The molecule has 0 fully saturated rings. The Hall–Kier alpha value is -3.77. The van der Waals surface area contributed by atoms with Crippen LogP contribution in [0.2, 0.25) is 5.02 Å². The second kappa shape index (κ2) is 15.0. The number of hydrogen-bond donors (Lipinski definition) is 2. The number of allylic oxidation sites excluding steroid dienone is 1. The van der Waals surface area contributed by atoms with Crippen LogP contribution < -0.4 is 15.5 Å². The minimum absolute atomic E-state index is 0.411. The number of anilines is 1. The van der Waals surface area contributed by atoms with Crippen molar-refractivity contribution in [2.75, 3.05) is 32.1 Å². The van der Waals surface area contributed by atoms with E-state index in [0.717, 1.165) is 96.0 Å². The Morgan fingerprint density at radius 3 is 2.42 bits per heavy atom. The zero-order chi connectivity index (χ0) is 31.9. The minimum Gasteiger partial charge on any atom is -0.359 e. The number of hydrogen-bond acceptors (Lipinski definition) is 5. The topological polar surface area (TPSA) is 53.1 Å². The van der Waals surface area contributed by atoms with Crippen LogP contribution in [-0.2, 0) is 13.0 Å². The van der Waals surface area contributed by atoms with Gasteiger partial charge >= 0.3 is 0 Å². The lowest BCUT2D eigenvalue weighted by molar-refractivity contribution is 0.482. The molecule has 0 amide bonds. The highest BCUT2D eigenvalue weighted by Gasteiger charge is 2.23. The van der Waals surface area contributed by atoms with Crippen molar-refractivity contribution in [2.45, 2.75) is 58.0 Å². The first kappa shape index (κ1) is 32.6. The largest absolute Gasteiger partial charge is 0.359 e. The van der Waals surface area contributed by atoms with E-state index in [-0.39, 0.29) is 0 Å². The van der Waals surface area contributed by atoms with E-state index in [9.17, 15) is 0 Å². The lowest BCUT2D eigenvalue weighted by atomic mass is 9.90. The molecular formula is C39H46ClN5. The fourth-order valence-electron chi connectivity index (χ4n) is 6.33. The summed E-state index contributed by atoms with van der Waals surface area (Å²) in [7, 11) is 4.14. The van der Waals surface area contributed by atoms with Gasteiger partial charge in [-0.05, 0) is 73.0 Å². The fraction of sp³-hybridized carbons (Fsp3) is 0.333.